The molecule has 0 aromatic heterocycles. The number of hydrogen-bond acceptors (Lipinski definition) is 4. The van der Waals surface area contributed by atoms with Crippen molar-refractivity contribution in [3.63, 3.8) is 0 Å². The van der Waals surface area contributed by atoms with E-state index in [4.69, 9.17) is 11.3 Å². The minimum Gasteiger partial charge on any atom is -0.372 e. The van der Waals surface area contributed by atoms with Crippen LogP contribution in [0.3, 0.4) is 0 Å². The number of nitrogens with zero attached hydrogens (tertiary/aromatic N) is 2. The number of alkyl halides is 2. The van der Waals surface area contributed by atoms with Gasteiger partial charge in [-0.1, -0.05) is 6.07 Å². The number of fused-ring (bicyclic) bond motifs is 5. The summed E-state index contributed by atoms with van der Waals surface area (Å²) in [6, 6.07) is 3.54. The van der Waals surface area contributed by atoms with Gasteiger partial charge in [-0.3, -0.25) is 9.10 Å². The summed E-state index contributed by atoms with van der Waals surface area (Å²) >= 11 is 0. The Bertz CT molecular complexity index is 961. The minimum absolute atomic E-state index is 0.0169. The highest BCUT2D eigenvalue weighted by Crippen LogP contribution is 2.56. The highest BCUT2D eigenvalue weighted by atomic mass is 32.2. The molecule has 3 aliphatic rings. The van der Waals surface area contributed by atoms with Crippen LogP contribution in [0.1, 0.15) is 24.8 Å². The molecule has 1 aromatic carbocycles. The predicted molar refractivity (Wildman–Crippen MR) is 92.1 cm³/mol. The molecule has 1 amide bonds. The maximum Gasteiger partial charge on any atom is 0.255 e. The summed E-state index contributed by atoms with van der Waals surface area (Å²) in [6.45, 7) is 6.99. The number of anilines is 1. The van der Waals surface area contributed by atoms with Crippen molar-refractivity contribution in [3.05, 3.63) is 35.2 Å². The van der Waals surface area contributed by atoms with E-state index in [1.165, 1.54) is 19.2 Å². The molecule has 27 heavy (non-hydrogen) atoms. The van der Waals surface area contributed by atoms with E-state index < -0.39 is 44.7 Å². The zero-order valence-electron chi connectivity index (χ0n) is 14.4. The first kappa shape index (κ1) is 18.1. The molecule has 3 fully saturated rings. The quantitative estimate of drug-likeness (QED) is 0.791. The second kappa shape index (κ2) is 5.87. The summed E-state index contributed by atoms with van der Waals surface area (Å²) in [5.74, 6) is -1.20. The van der Waals surface area contributed by atoms with Gasteiger partial charge in [0.25, 0.3) is 16.4 Å². The number of ether oxygens (including phenoxy) is 1. The molecule has 0 unspecified atom stereocenters. The molecule has 3 saturated heterocycles. The number of halogens is 2. The Hall–Kier alpha value is -2.25. The zero-order valence-corrected chi connectivity index (χ0v) is 15.2. The van der Waals surface area contributed by atoms with Crippen molar-refractivity contribution >= 4 is 27.3 Å². The number of carbonyl (C=O) groups is 1. The number of nitrogens with one attached hydrogen (secondary N) is 1. The van der Waals surface area contributed by atoms with E-state index in [9.17, 15) is 22.0 Å². The van der Waals surface area contributed by atoms with Gasteiger partial charge in [-0.15, -0.1) is 0 Å². The first-order chi connectivity index (χ1) is 12.8. The van der Waals surface area contributed by atoms with Crippen LogP contribution in [0.25, 0.3) is 4.85 Å². The molecule has 0 saturated carbocycles. The predicted octanol–water partition coefficient (Wildman–Crippen LogP) is 1.99. The van der Waals surface area contributed by atoms with Crippen LogP contribution in [0, 0.1) is 12.5 Å². The molecule has 1 aromatic rings. The Morgan fingerprint density at radius 1 is 1.44 bits per heavy atom. The third-order valence-corrected chi connectivity index (χ3v) is 8.39. The standard InChI is InChI=1S/C17H17F2N3O4S/c1-20-12-4-3-9(7-10(12)15(18)19)22-8-11-13-5-6-14(26-13)17(11,16(23)21-2)27(22,24)25/h3-4,7,11,13-15H,5-6,8H2,2H3,(H,21,23)/t11-,13-,14+,17-/m1/s1. The summed E-state index contributed by atoms with van der Waals surface area (Å²) in [6.07, 6.45) is -2.90. The molecular formula is C17H17F2N3O4S. The highest BCUT2D eigenvalue weighted by molar-refractivity contribution is 7.95. The summed E-state index contributed by atoms with van der Waals surface area (Å²) < 4.78 is 58.6. The van der Waals surface area contributed by atoms with Crippen molar-refractivity contribution in [2.24, 2.45) is 5.92 Å². The maximum atomic E-state index is 13.5. The molecular weight excluding hydrogens is 380 g/mol. The van der Waals surface area contributed by atoms with E-state index >= 15 is 0 Å². The van der Waals surface area contributed by atoms with Crippen LogP contribution in [-0.2, 0) is 19.6 Å². The molecule has 0 radical (unpaired) electrons. The second-order valence-corrected chi connectivity index (χ2v) is 8.98. The third kappa shape index (κ3) is 2.12. The van der Waals surface area contributed by atoms with Crippen molar-refractivity contribution in [1.82, 2.24) is 5.32 Å². The minimum atomic E-state index is -4.21. The van der Waals surface area contributed by atoms with E-state index in [0.717, 1.165) is 10.4 Å². The lowest BCUT2D eigenvalue weighted by molar-refractivity contribution is -0.125. The molecule has 7 nitrogen and oxygen atoms in total. The van der Waals surface area contributed by atoms with Gasteiger partial charge in [0.1, 0.15) is 0 Å². The molecule has 4 atom stereocenters. The van der Waals surface area contributed by atoms with E-state index in [0.29, 0.717) is 12.8 Å². The SMILES string of the molecule is [C-]#[N+]c1ccc(N2C[C@@H]3[C@H]4CC[C@H](O4)[C@]3(C(=O)NC)S2(=O)=O)cc1C(F)F. The Kier molecular flexibility index (Phi) is 3.94. The molecule has 3 aliphatic heterocycles. The molecule has 0 aliphatic carbocycles. The lowest BCUT2D eigenvalue weighted by atomic mass is 9.78. The van der Waals surface area contributed by atoms with Gasteiger partial charge in [-0.25, -0.2) is 22.0 Å². The molecule has 2 bridgehead atoms. The Morgan fingerprint density at radius 3 is 2.81 bits per heavy atom. The average Bonchev–Trinajstić information content (AvgIpc) is 3.31. The van der Waals surface area contributed by atoms with Crippen molar-refractivity contribution in [2.45, 2.75) is 36.2 Å². The Morgan fingerprint density at radius 2 is 2.19 bits per heavy atom. The van der Waals surface area contributed by atoms with Gasteiger partial charge in [0, 0.05) is 30.8 Å². The van der Waals surface area contributed by atoms with Crippen LogP contribution in [0.5, 0.6) is 0 Å². The Balaban J connectivity index is 1.85. The van der Waals surface area contributed by atoms with Crippen LogP contribution in [0.4, 0.5) is 20.2 Å². The van der Waals surface area contributed by atoms with E-state index in [-0.39, 0.29) is 24.0 Å². The van der Waals surface area contributed by atoms with Crippen LogP contribution < -0.4 is 9.62 Å². The Labute approximate surface area is 155 Å². The fourth-order valence-corrected chi connectivity index (χ4v) is 7.27. The summed E-state index contributed by atoms with van der Waals surface area (Å²) in [5.41, 5.74) is -0.715. The lowest BCUT2D eigenvalue weighted by Gasteiger charge is -2.32. The summed E-state index contributed by atoms with van der Waals surface area (Å²) in [5, 5.41) is 2.44. The highest BCUT2D eigenvalue weighted by Gasteiger charge is 2.75. The van der Waals surface area contributed by atoms with Crippen LogP contribution >= 0.6 is 0 Å². The largest absolute Gasteiger partial charge is 0.372 e. The number of benzene rings is 1. The molecule has 10 heteroatoms. The van der Waals surface area contributed by atoms with Crippen molar-refractivity contribution < 1.29 is 26.7 Å². The number of amides is 1. The normalized spacial score (nSPS) is 33.1. The van der Waals surface area contributed by atoms with Gasteiger partial charge in [-0.2, -0.15) is 0 Å². The van der Waals surface area contributed by atoms with Gasteiger partial charge in [0.05, 0.1) is 18.8 Å². The monoisotopic (exact) mass is 397 g/mol. The lowest BCUT2D eigenvalue weighted by Crippen LogP contribution is -2.60. The van der Waals surface area contributed by atoms with Crippen molar-refractivity contribution in [1.29, 1.82) is 0 Å². The summed E-state index contributed by atoms with van der Waals surface area (Å²) in [4.78, 5) is 15.8. The second-order valence-electron chi connectivity index (χ2n) is 6.91. The van der Waals surface area contributed by atoms with Gasteiger partial charge in [-0.05, 0) is 25.0 Å². The molecule has 3 heterocycles. The van der Waals surface area contributed by atoms with E-state index in [1.54, 1.807) is 0 Å². The van der Waals surface area contributed by atoms with Crippen LogP contribution in [0.15, 0.2) is 18.2 Å². The van der Waals surface area contributed by atoms with Crippen LogP contribution in [0.2, 0.25) is 0 Å². The molecule has 4 rings (SSSR count). The van der Waals surface area contributed by atoms with E-state index in [1.807, 2.05) is 0 Å². The van der Waals surface area contributed by atoms with Gasteiger partial charge >= 0.3 is 0 Å². The average molecular weight is 397 g/mol. The van der Waals surface area contributed by atoms with Gasteiger partial charge in [0.2, 0.25) is 10.7 Å². The number of sulfonamides is 1. The number of rotatable bonds is 3. The van der Waals surface area contributed by atoms with Gasteiger partial charge < -0.3 is 10.1 Å². The van der Waals surface area contributed by atoms with Crippen molar-refractivity contribution in [3.8, 4) is 0 Å². The zero-order chi connectivity index (χ0) is 19.6. The third-order valence-electron chi connectivity index (χ3n) is 5.85. The van der Waals surface area contributed by atoms with Crippen molar-refractivity contribution in [2.75, 3.05) is 17.9 Å². The molecule has 144 valence electrons. The smallest absolute Gasteiger partial charge is 0.255 e. The molecule has 1 N–H and O–H groups in total. The topological polar surface area (TPSA) is 80.1 Å². The fourth-order valence-electron chi connectivity index (χ4n) is 4.70. The molecule has 0 spiro atoms. The van der Waals surface area contributed by atoms with Crippen LogP contribution in [-0.4, -0.2) is 44.9 Å². The first-order valence-corrected chi connectivity index (χ1v) is 9.92. The fraction of sp³-hybridized carbons (Fsp3) is 0.529. The number of carbonyl (C=O) groups excluding carboxylic acids is 1. The maximum absolute atomic E-state index is 13.5. The van der Waals surface area contributed by atoms with E-state index in [2.05, 4.69) is 10.2 Å². The first-order valence-electron chi connectivity index (χ1n) is 8.48. The summed E-state index contributed by atoms with van der Waals surface area (Å²) in [7, 11) is -2.84. The van der Waals surface area contributed by atoms with Gasteiger partial charge in [0.15, 0.2) is 5.69 Å². The number of hydrogen-bond donors (Lipinski definition) is 1.